The van der Waals surface area contributed by atoms with Gasteiger partial charge in [0.2, 0.25) is 9.70 Å². The fourth-order valence-corrected chi connectivity index (χ4v) is 2.96. The molecule has 0 spiro atoms. The van der Waals surface area contributed by atoms with E-state index < -0.39 is 9.17 Å². The highest BCUT2D eigenvalue weighted by molar-refractivity contribution is 8.00. The van der Waals surface area contributed by atoms with Crippen LogP contribution in [0.25, 0.3) is 0 Å². The van der Waals surface area contributed by atoms with E-state index in [1.165, 1.54) is 11.8 Å². The zero-order valence-electron chi connectivity index (χ0n) is 11.6. The van der Waals surface area contributed by atoms with E-state index in [-0.39, 0.29) is 11.8 Å². The van der Waals surface area contributed by atoms with Crippen LogP contribution in [0.2, 0.25) is 0 Å². The summed E-state index contributed by atoms with van der Waals surface area (Å²) in [5.74, 6) is 0.145. The monoisotopic (exact) mass is 353 g/mol. The second-order valence-corrected chi connectivity index (χ2v) is 8.57. The highest BCUT2D eigenvalue weighted by Crippen LogP contribution is 2.39. The Hall–Kier alpha value is -0.0900. The molecule has 0 saturated heterocycles. The first-order chi connectivity index (χ1) is 9.18. The average Bonchev–Trinajstić information content (AvgIpc) is 2.28. The molecular formula is C14H18Cl3NOS. The zero-order chi connectivity index (χ0) is 15.3. The first kappa shape index (κ1) is 18.0. The lowest BCUT2D eigenvalue weighted by Crippen LogP contribution is -2.41. The van der Waals surface area contributed by atoms with Crippen LogP contribution < -0.4 is 5.32 Å². The molecule has 0 aliphatic carbocycles. The third kappa shape index (κ3) is 6.57. The number of nitrogens with one attached hydrogen (secondary N) is 1. The number of hydrogen-bond acceptors (Lipinski definition) is 2. The van der Waals surface area contributed by atoms with Crippen LogP contribution in [0, 0.1) is 12.8 Å². The summed E-state index contributed by atoms with van der Waals surface area (Å²) in [6, 6.07) is 7.84. The number of halogens is 3. The number of benzene rings is 1. The van der Waals surface area contributed by atoms with Crippen molar-refractivity contribution in [2.75, 3.05) is 0 Å². The Morgan fingerprint density at radius 1 is 1.25 bits per heavy atom. The van der Waals surface area contributed by atoms with Crippen LogP contribution in [0.5, 0.6) is 0 Å². The van der Waals surface area contributed by atoms with Gasteiger partial charge in [0.15, 0.2) is 0 Å². The fourth-order valence-electron chi connectivity index (χ4n) is 1.51. The Labute approximate surface area is 139 Å². The van der Waals surface area contributed by atoms with Crippen molar-refractivity contribution in [2.45, 2.75) is 41.3 Å². The fraction of sp³-hybridized carbons (Fsp3) is 0.500. The average molecular weight is 355 g/mol. The first-order valence-electron chi connectivity index (χ1n) is 6.28. The third-order valence-corrected chi connectivity index (χ3v) is 4.75. The number of thioether (sulfide) groups is 1. The van der Waals surface area contributed by atoms with Gasteiger partial charge >= 0.3 is 0 Å². The molecule has 0 saturated carbocycles. The van der Waals surface area contributed by atoms with E-state index in [2.05, 4.69) is 5.32 Å². The minimum atomic E-state index is -1.57. The van der Waals surface area contributed by atoms with E-state index in [0.29, 0.717) is 6.42 Å². The molecule has 112 valence electrons. The van der Waals surface area contributed by atoms with Crippen molar-refractivity contribution in [3.05, 3.63) is 29.8 Å². The van der Waals surface area contributed by atoms with E-state index in [4.69, 9.17) is 34.8 Å². The molecule has 2 nitrogen and oxygen atoms in total. The highest BCUT2D eigenvalue weighted by Gasteiger charge is 2.34. The highest BCUT2D eigenvalue weighted by atomic mass is 35.6. The van der Waals surface area contributed by atoms with Crippen LogP contribution in [-0.4, -0.2) is 15.1 Å². The molecule has 0 fully saturated rings. The number of hydrogen-bond donors (Lipinski definition) is 1. The van der Waals surface area contributed by atoms with Gasteiger partial charge in [0, 0.05) is 11.3 Å². The molecule has 1 N–H and O–H groups in total. The van der Waals surface area contributed by atoms with Gasteiger partial charge in [-0.3, -0.25) is 4.79 Å². The Kier molecular flexibility index (Phi) is 6.99. The number of rotatable bonds is 5. The third-order valence-electron chi connectivity index (χ3n) is 2.46. The van der Waals surface area contributed by atoms with E-state index in [0.717, 1.165) is 10.5 Å². The lowest BCUT2D eigenvalue weighted by molar-refractivity contribution is -0.121. The summed E-state index contributed by atoms with van der Waals surface area (Å²) >= 11 is 19.2. The second kappa shape index (κ2) is 7.79. The van der Waals surface area contributed by atoms with Crippen molar-refractivity contribution in [3.8, 4) is 0 Å². The van der Waals surface area contributed by atoms with Gasteiger partial charge in [-0.2, -0.15) is 0 Å². The number of aryl methyl sites for hydroxylation is 1. The molecule has 0 aliphatic heterocycles. The second-order valence-electron chi connectivity index (χ2n) is 5.02. The molecule has 1 atom stereocenters. The zero-order valence-corrected chi connectivity index (χ0v) is 14.7. The molecule has 1 amide bonds. The number of carbonyl (C=O) groups excluding carboxylic acids is 1. The van der Waals surface area contributed by atoms with Crippen molar-refractivity contribution in [1.29, 1.82) is 0 Å². The van der Waals surface area contributed by atoms with Gasteiger partial charge in [0.05, 0.1) is 0 Å². The van der Waals surface area contributed by atoms with Gasteiger partial charge in [-0.1, -0.05) is 78.1 Å². The molecule has 1 rings (SSSR count). The summed E-state index contributed by atoms with van der Waals surface area (Å²) in [5, 5.41) is 2.16. The standard InChI is InChI=1S/C14H18Cl3NOS/c1-9(2)8-12(19)18-13(14(15,16)17)20-11-6-4-10(3)5-7-11/h4-7,9,13H,8H2,1-3H3,(H,18,19)/t13-/m1/s1. The maximum absolute atomic E-state index is 11.9. The lowest BCUT2D eigenvalue weighted by atomic mass is 10.1. The predicted molar refractivity (Wildman–Crippen MR) is 88.7 cm³/mol. The van der Waals surface area contributed by atoms with E-state index in [9.17, 15) is 4.79 Å². The molecule has 1 aromatic carbocycles. The quantitative estimate of drug-likeness (QED) is 0.460. The summed E-state index contributed by atoms with van der Waals surface area (Å²) in [5.41, 5.74) is 1.16. The Morgan fingerprint density at radius 2 is 1.80 bits per heavy atom. The van der Waals surface area contributed by atoms with Gasteiger partial charge in [0.1, 0.15) is 5.37 Å². The van der Waals surface area contributed by atoms with Crippen molar-refractivity contribution < 1.29 is 4.79 Å². The predicted octanol–water partition coefficient (Wildman–Crippen LogP) is 4.95. The van der Waals surface area contributed by atoms with Crippen LogP contribution in [-0.2, 0) is 4.79 Å². The van der Waals surface area contributed by atoms with Gasteiger partial charge in [0.25, 0.3) is 0 Å². The van der Waals surface area contributed by atoms with Crippen molar-refractivity contribution >= 4 is 52.5 Å². The molecule has 1 aromatic rings. The Bertz CT molecular complexity index is 443. The lowest BCUT2D eigenvalue weighted by Gasteiger charge is -2.25. The van der Waals surface area contributed by atoms with E-state index in [1.807, 2.05) is 45.0 Å². The van der Waals surface area contributed by atoms with Crippen LogP contribution in [0.3, 0.4) is 0 Å². The molecule has 20 heavy (non-hydrogen) atoms. The van der Waals surface area contributed by atoms with Crippen LogP contribution in [0.4, 0.5) is 0 Å². The summed E-state index contributed by atoms with van der Waals surface area (Å²) in [7, 11) is 0. The number of alkyl halides is 3. The van der Waals surface area contributed by atoms with Crippen LogP contribution in [0.1, 0.15) is 25.8 Å². The van der Waals surface area contributed by atoms with E-state index in [1.54, 1.807) is 0 Å². The smallest absolute Gasteiger partial charge is 0.221 e. The molecule has 0 aromatic heterocycles. The van der Waals surface area contributed by atoms with Crippen LogP contribution in [0.15, 0.2) is 29.2 Å². The van der Waals surface area contributed by atoms with Crippen molar-refractivity contribution in [3.63, 3.8) is 0 Å². The van der Waals surface area contributed by atoms with Gasteiger partial charge in [-0.25, -0.2) is 0 Å². The molecule has 0 bridgehead atoms. The largest absolute Gasteiger partial charge is 0.340 e. The minimum Gasteiger partial charge on any atom is -0.340 e. The Morgan fingerprint density at radius 3 is 2.25 bits per heavy atom. The van der Waals surface area contributed by atoms with E-state index >= 15 is 0 Å². The van der Waals surface area contributed by atoms with Gasteiger partial charge in [-0.05, 0) is 25.0 Å². The minimum absolute atomic E-state index is 0.115. The SMILES string of the molecule is Cc1ccc(S[C@@H](NC(=O)CC(C)C)C(Cl)(Cl)Cl)cc1. The molecule has 0 heterocycles. The molecular weight excluding hydrogens is 337 g/mol. The molecule has 6 heteroatoms. The summed E-state index contributed by atoms with van der Waals surface area (Å²) < 4.78 is -1.57. The van der Waals surface area contributed by atoms with Crippen LogP contribution >= 0.6 is 46.6 Å². The topological polar surface area (TPSA) is 29.1 Å². The molecule has 0 aliphatic rings. The van der Waals surface area contributed by atoms with Crippen molar-refractivity contribution in [2.24, 2.45) is 5.92 Å². The number of amides is 1. The van der Waals surface area contributed by atoms with Gasteiger partial charge < -0.3 is 5.32 Å². The summed E-state index contributed by atoms with van der Waals surface area (Å²) in [6.45, 7) is 5.94. The summed E-state index contributed by atoms with van der Waals surface area (Å²) in [4.78, 5) is 12.8. The normalized spacial score (nSPS) is 13.3. The Balaban J connectivity index is 2.75. The first-order valence-corrected chi connectivity index (χ1v) is 8.29. The maximum Gasteiger partial charge on any atom is 0.221 e. The molecule has 0 radical (unpaired) electrons. The molecule has 0 unspecified atom stereocenters. The van der Waals surface area contributed by atoms with Gasteiger partial charge in [-0.15, -0.1) is 0 Å². The maximum atomic E-state index is 11.9. The number of carbonyl (C=O) groups is 1. The summed E-state index contributed by atoms with van der Waals surface area (Å²) in [6.07, 6.45) is 0.408. The van der Waals surface area contributed by atoms with Crippen molar-refractivity contribution in [1.82, 2.24) is 5.32 Å².